The van der Waals surface area contributed by atoms with Crippen LogP contribution < -0.4 is 0 Å². The summed E-state index contributed by atoms with van der Waals surface area (Å²) in [7, 11) is 0. The molecular weight excluding hydrogens is 178 g/mol. The molecule has 5 heteroatoms. The van der Waals surface area contributed by atoms with Gasteiger partial charge in [0, 0.05) is 11.8 Å². The zero-order valence-corrected chi connectivity index (χ0v) is 7.43. The maximum atomic E-state index is 10.1. The molecule has 0 atom stereocenters. The second-order valence-electron chi connectivity index (χ2n) is 2.32. The molecule has 0 aliphatic heterocycles. The van der Waals surface area contributed by atoms with Gasteiger partial charge in [-0.05, 0) is 6.92 Å². The van der Waals surface area contributed by atoms with Crippen molar-refractivity contribution in [1.82, 2.24) is 5.16 Å². The number of aryl methyl sites for hydroxylation is 1. The number of rotatable bonds is 4. The van der Waals surface area contributed by atoms with E-state index in [0.29, 0.717) is 5.75 Å². The molecule has 0 saturated heterocycles. The van der Waals surface area contributed by atoms with Gasteiger partial charge >= 0.3 is 5.97 Å². The van der Waals surface area contributed by atoms with E-state index in [1.54, 1.807) is 13.0 Å². The van der Waals surface area contributed by atoms with Gasteiger partial charge in [0.2, 0.25) is 0 Å². The van der Waals surface area contributed by atoms with Gasteiger partial charge in [-0.1, -0.05) is 5.16 Å². The summed E-state index contributed by atoms with van der Waals surface area (Å²) in [6.45, 7) is 1.80. The van der Waals surface area contributed by atoms with Crippen LogP contribution in [-0.4, -0.2) is 22.0 Å². The molecule has 0 aromatic carbocycles. The van der Waals surface area contributed by atoms with Gasteiger partial charge in [-0.3, -0.25) is 4.79 Å². The van der Waals surface area contributed by atoms with Crippen LogP contribution in [0, 0.1) is 6.92 Å². The van der Waals surface area contributed by atoms with Crippen LogP contribution in [-0.2, 0) is 10.5 Å². The molecule has 0 amide bonds. The number of aromatic nitrogens is 1. The van der Waals surface area contributed by atoms with Crippen LogP contribution >= 0.6 is 11.8 Å². The van der Waals surface area contributed by atoms with Crippen molar-refractivity contribution in [1.29, 1.82) is 0 Å². The van der Waals surface area contributed by atoms with Crippen LogP contribution in [0.1, 0.15) is 11.5 Å². The van der Waals surface area contributed by atoms with Gasteiger partial charge < -0.3 is 9.63 Å². The van der Waals surface area contributed by atoms with Gasteiger partial charge in [0.25, 0.3) is 0 Å². The number of carboxylic acids is 1. The molecular formula is C7H9NO3S. The van der Waals surface area contributed by atoms with Gasteiger partial charge in [-0.25, -0.2) is 0 Å². The first kappa shape index (κ1) is 9.12. The van der Waals surface area contributed by atoms with Crippen LogP contribution in [0.4, 0.5) is 0 Å². The highest BCUT2D eigenvalue weighted by Crippen LogP contribution is 2.11. The Labute approximate surface area is 73.9 Å². The molecule has 1 N–H and O–H groups in total. The molecule has 0 radical (unpaired) electrons. The number of carbonyl (C=O) groups is 1. The van der Waals surface area contributed by atoms with Crippen molar-refractivity contribution in [2.75, 3.05) is 5.75 Å². The molecule has 0 spiro atoms. The van der Waals surface area contributed by atoms with Crippen LogP contribution in [0.5, 0.6) is 0 Å². The molecule has 0 bridgehead atoms. The molecule has 1 aromatic rings. The highest BCUT2D eigenvalue weighted by Gasteiger charge is 2.02. The monoisotopic (exact) mass is 187 g/mol. The number of aliphatic carboxylic acids is 1. The van der Waals surface area contributed by atoms with Crippen LogP contribution in [0.15, 0.2) is 10.6 Å². The summed E-state index contributed by atoms with van der Waals surface area (Å²) < 4.78 is 4.81. The maximum absolute atomic E-state index is 10.1. The summed E-state index contributed by atoms with van der Waals surface area (Å²) in [6.07, 6.45) is 0. The predicted molar refractivity (Wildman–Crippen MR) is 45.0 cm³/mol. The van der Waals surface area contributed by atoms with Crippen molar-refractivity contribution in [3.05, 3.63) is 17.5 Å². The van der Waals surface area contributed by atoms with E-state index in [1.807, 2.05) is 0 Å². The Bertz CT molecular complexity index is 271. The Hall–Kier alpha value is -0.970. The SMILES string of the molecule is Cc1cc(CSCC(=O)O)no1. The minimum atomic E-state index is -0.805. The zero-order chi connectivity index (χ0) is 8.97. The van der Waals surface area contributed by atoms with Crippen molar-refractivity contribution >= 4 is 17.7 Å². The van der Waals surface area contributed by atoms with Gasteiger partial charge in [0.15, 0.2) is 0 Å². The normalized spacial score (nSPS) is 10.1. The predicted octanol–water partition coefficient (Wildman–Crippen LogP) is 1.30. The maximum Gasteiger partial charge on any atom is 0.313 e. The molecule has 0 unspecified atom stereocenters. The summed E-state index contributed by atoms with van der Waals surface area (Å²) in [4.78, 5) is 10.1. The Balaban J connectivity index is 2.29. The fraction of sp³-hybridized carbons (Fsp3) is 0.429. The van der Waals surface area contributed by atoms with Crippen molar-refractivity contribution in [2.45, 2.75) is 12.7 Å². The topological polar surface area (TPSA) is 63.3 Å². The molecule has 1 aromatic heterocycles. The minimum absolute atomic E-state index is 0.103. The number of carboxylic acid groups (broad SMARTS) is 1. The number of hydrogen-bond acceptors (Lipinski definition) is 4. The highest BCUT2D eigenvalue weighted by molar-refractivity contribution is 7.99. The first-order chi connectivity index (χ1) is 5.68. The van der Waals surface area contributed by atoms with E-state index in [-0.39, 0.29) is 5.75 Å². The van der Waals surface area contributed by atoms with Crippen molar-refractivity contribution in [3.8, 4) is 0 Å². The Morgan fingerprint density at radius 1 is 1.83 bits per heavy atom. The summed E-state index contributed by atoms with van der Waals surface area (Å²) >= 11 is 1.31. The molecule has 1 heterocycles. The van der Waals surface area contributed by atoms with Crippen LogP contribution in [0.2, 0.25) is 0 Å². The van der Waals surface area contributed by atoms with Gasteiger partial charge in [0.1, 0.15) is 5.76 Å². The van der Waals surface area contributed by atoms with Crippen molar-refractivity contribution in [2.24, 2.45) is 0 Å². The second-order valence-corrected chi connectivity index (χ2v) is 3.30. The fourth-order valence-corrected chi connectivity index (χ4v) is 1.35. The van der Waals surface area contributed by atoms with Crippen LogP contribution in [0.25, 0.3) is 0 Å². The van der Waals surface area contributed by atoms with E-state index in [1.165, 1.54) is 11.8 Å². The highest BCUT2D eigenvalue weighted by atomic mass is 32.2. The average molecular weight is 187 g/mol. The van der Waals surface area contributed by atoms with Gasteiger partial charge in [-0.2, -0.15) is 0 Å². The summed E-state index contributed by atoms with van der Waals surface area (Å²) in [6, 6.07) is 1.80. The lowest BCUT2D eigenvalue weighted by atomic mass is 10.4. The van der Waals surface area contributed by atoms with Gasteiger partial charge in [-0.15, -0.1) is 11.8 Å². The number of thioether (sulfide) groups is 1. The Morgan fingerprint density at radius 2 is 2.58 bits per heavy atom. The Morgan fingerprint density at radius 3 is 3.08 bits per heavy atom. The molecule has 0 fully saturated rings. The summed E-state index contributed by atoms with van der Waals surface area (Å²) in [5, 5.41) is 12.1. The molecule has 66 valence electrons. The van der Waals surface area contributed by atoms with Crippen LogP contribution in [0.3, 0.4) is 0 Å². The third-order valence-electron chi connectivity index (χ3n) is 1.15. The third-order valence-corrected chi connectivity index (χ3v) is 2.10. The van der Waals surface area contributed by atoms with E-state index < -0.39 is 5.97 Å². The Kier molecular flexibility index (Phi) is 3.16. The van der Waals surface area contributed by atoms with Gasteiger partial charge in [0.05, 0.1) is 11.4 Å². The first-order valence-corrected chi connectivity index (χ1v) is 4.55. The van der Waals surface area contributed by atoms with E-state index >= 15 is 0 Å². The summed E-state index contributed by atoms with van der Waals surface area (Å²) in [5.74, 6) is 0.636. The lowest BCUT2D eigenvalue weighted by Crippen LogP contribution is -1.98. The molecule has 0 aliphatic rings. The number of nitrogens with zero attached hydrogens (tertiary/aromatic N) is 1. The lowest BCUT2D eigenvalue weighted by molar-refractivity contribution is -0.133. The third kappa shape index (κ3) is 2.96. The van der Waals surface area contributed by atoms with E-state index in [4.69, 9.17) is 9.63 Å². The van der Waals surface area contributed by atoms with E-state index in [0.717, 1.165) is 11.5 Å². The van der Waals surface area contributed by atoms with E-state index in [9.17, 15) is 4.79 Å². The average Bonchev–Trinajstić information content (AvgIpc) is 2.35. The lowest BCUT2D eigenvalue weighted by Gasteiger charge is -1.91. The molecule has 1 rings (SSSR count). The zero-order valence-electron chi connectivity index (χ0n) is 6.61. The smallest absolute Gasteiger partial charge is 0.313 e. The largest absolute Gasteiger partial charge is 0.481 e. The second kappa shape index (κ2) is 4.15. The number of hydrogen-bond donors (Lipinski definition) is 1. The fourth-order valence-electron chi connectivity index (χ4n) is 0.729. The quantitative estimate of drug-likeness (QED) is 0.769. The molecule has 12 heavy (non-hydrogen) atoms. The standard InChI is InChI=1S/C7H9NO3S/c1-5-2-6(8-11-5)3-12-4-7(9)10/h2H,3-4H2,1H3,(H,9,10). The first-order valence-electron chi connectivity index (χ1n) is 3.40. The summed E-state index contributed by atoms with van der Waals surface area (Å²) in [5.41, 5.74) is 0.791. The molecule has 0 aliphatic carbocycles. The van der Waals surface area contributed by atoms with Crippen molar-refractivity contribution < 1.29 is 14.4 Å². The molecule has 0 saturated carbocycles. The minimum Gasteiger partial charge on any atom is -0.481 e. The van der Waals surface area contributed by atoms with Crippen molar-refractivity contribution in [3.63, 3.8) is 0 Å². The molecule has 4 nitrogen and oxygen atoms in total. The van der Waals surface area contributed by atoms with E-state index in [2.05, 4.69) is 5.16 Å².